The van der Waals surface area contributed by atoms with Gasteiger partial charge in [-0.05, 0) is 55.5 Å². The lowest BCUT2D eigenvalue weighted by Crippen LogP contribution is -2.26. The summed E-state index contributed by atoms with van der Waals surface area (Å²) in [5.41, 5.74) is 2.72. The minimum atomic E-state index is 0.394. The number of aromatic hydroxyl groups is 1. The number of phenols is 1. The molecular formula is C15H23NO. The van der Waals surface area contributed by atoms with Crippen LogP contribution in [0, 0.1) is 0 Å². The van der Waals surface area contributed by atoms with Gasteiger partial charge in [0.15, 0.2) is 0 Å². The van der Waals surface area contributed by atoms with Crippen molar-refractivity contribution in [3.05, 3.63) is 29.3 Å². The van der Waals surface area contributed by atoms with Gasteiger partial charge in [0, 0.05) is 6.04 Å². The molecule has 0 spiro atoms. The molecule has 0 heterocycles. The number of hydrogen-bond donors (Lipinski definition) is 2. The van der Waals surface area contributed by atoms with Gasteiger partial charge in [-0.1, -0.05) is 25.8 Å². The minimum absolute atomic E-state index is 0.394. The van der Waals surface area contributed by atoms with Gasteiger partial charge < -0.3 is 10.4 Å². The van der Waals surface area contributed by atoms with Crippen LogP contribution < -0.4 is 5.32 Å². The number of hydrogen-bond acceptors (Lipinski definition) is 2. The first-order valence-corrected chi connectivity index (χ1v) is 6.86. The Morgan fingerprint density at radius 1 is 1.35 bits per heavy atom. The number of benzene rings is 1. The van der Waals surface area contributed by atoms with Crippen molar-refractivity contribution in [2.24, 2.45) is 0 Å². The molecule has 1 unspecified atom stereocenters. The molecule has 1 atom stereocenters. The molecule has 0 radical (unpaired) electrons. The van der Waals surface area contributed by atoms with Crippen molar-refractivity contribution in [1.29, 1.82) is 0 Å². The minimum Gasteiger partial charge on any atom is -0.508 e. The van der Waals surface area contributed by atoms with Crippen molar-refractivity contribution in [3.63, 3.8) is 0 Å². The van der Waals surface area contributed by atoms with Gasteiger partial charge in [0.25, 0.3) is 0 Å². The van der Waals surface area contributed by atoms with E-state index in [9.17, 15) is 5.11 Å². The Morgan fingerprint density at radius 2 is 2.24 bits per heavy atom. The summed E-state index contributed by atoms with van der Waals surface area (Å²) in [4.78, 5) is 0. The molecule has 0 fully saturated rings. The summed E-state index contributed by atoms with van der Waals surface area (Å²) in [7, 11) is 0. The number of rotatable bonds is 5. The summed E-state index contributed by atoms with van der Waals surface area (Å²) in [5, 5.41) is 13.2. The predicted octanol–water partition coefficient (Wildman–Crippen LogP) is 3.55. The maximum atomic E-state index is 9.59. The van der Waals surface area contributed by atoms with Gasteiger partial charge in [-0.3, -0.25) is 0 Å². The molecule has 1 aliphatic carbocycles. The number of nitrogens with one attached hydrogen (secondary N) is 1. The van der Waals surface area contributed by atoms with Crippen LogP contribution in [0.4, 0.5) is 0 Å². The second-order valence-corrected chi connectivity index (χ2v) is 4.99. The number of aryl methyl sites for hydroxylation is 1. The molecular weight excluding hydrogens is 210 g/mol. The summed E-state index contributed by atoms with van der Waals surface area (Å²) < 4.78 is 0. The molecule has 94 valence electrons. The molecule has 17 heavy (non-hydrogen) atoms. The van der Waals surface area contributed by atoms with Gasteiger partial charge in [0.05, 0.1) is 0 Å². The Labute approximate surface area is 104 Å². The lowest BCUT2D eigenvalue weighted by atomic mass is 9.87. The third-order valence-corrected chi connectivity index (χ3v) is 3.61. The lowest BCUT2D eigenvalue weighted by molar-refractivity contribution is 0.441. The van der Waals surface area contributed by atoms with Crippen molar-refractivity contribution in [2.45, 2.75) is 51.5 Å². The maximum Gasteiger partial charge on any atom is 0.115 e. The summed E-state index contributed by atoms with van der Waals surface area (Å²) in [5.74, 6) is 0.394. The largest absolute Gasteiger partial charge is 0.508 e. The highest BCUT2D eigenvalue weighted by atomic mass is 16.3. The topological polar surface area (TPSA) is 32.3 Å². The van der Waals surface area contributed by atoms with E-state index in [1.54, 1.807) is 6.07 Å². The van der Waals surface area contributed by atoms with Gasteiger partial charge in [-0.15, -0.1) is 0 Å². The molecule has 0 saturated heterocycles. The first-order chi connectivity index (χ1) is 8.31. The van der Waals surface area contributed by atoms with Gasteiger partial charge in [0.1, 0.15) is 5.75 Å². The van der Waals surface area contributed by atoms with Crippen LogP contribution in [0.1, 0.15) is 56.2 Å². The van der Waals surface area contributed by atoms with Gasteiger partial charge >= 0.3 is 0 Å². The quantitative estimate of drug-likeness (QED) is 0.762. The maximum absolute atomic E-state index is 9.59. The van der Waals surface area contributed by atoms with Crippen LogP contribution in [0.2, 0.25) is 0 Å². The zero-order valence-corrected chi connectivity index (χ0v) is 10.7. The molecule has 0 bridgehead atoms. The molecule has 1 aromatic carbocycles. The average Bonchev–Trinajstić information content (AvgIpc) is 2.35. The summed E-state index contributed by atoms with van der Waals surface area (Å²) in [6, 6.07) is 6.26. The van der Waals surface area contributed by atoms with Crippen LogP contribution in [-0.2, 0) is 6.42 Å². The second-order valence-electron chi connectivity index (χ2n) is 4.99. The smallest absolute Gasteiger partial charge is 0.115 e. The fraction of sp³-hybridized carbons (Fsp3) is 0.600. The van der Waals surface area contributed by atoms with E-state index < -0.39 is 0 Å². The lowest BCUT2D eigenvalue weighted by Gasteiger charge is -2.26. The monoisotopic (exact) mass is 233 g/mol. The van der Waals surface area contributed by atoms with Crippen molar-refractivity contribution in [3.8, 4) is 5.75 Å². The van der Waals surface area contributed by atoms with Crippen molar-refractivity contribution >= 4 is 0 Å². The Bertz CT molecular complexity index is 362. The van der Waals surface area contributed by atoms with E-state index in [0.29, 0.717) is 11.8 Å². The summed E-state index contributed by atoms with van der Waals surface area (Å²) >= 11 is 0. The normalized spacial score (nSPS) is 19.0. The van der Waals surface area contributed by atoms with Crippen LogP contribution in [0.15, 0.2) is 18.2 Å². The van der Waals surface area contributed by atoms with Crippen LogP contribution in [0.5, 0.6) is 5.75 Å². The zero-order valence-electron chi connectivity index (χ0n) is 10.7. The molecule has 0 aliphatic heterocycles. The molecule has 2 nitrogen and oxygen atoms in total. The average molecular weight is 233 g/mol. The molecule has 0 aromatic heterocycles. The van der Waals surface area contributed by atoms with E-state index in [-0.39, 0.29) is 0 Å². The van der Waals surface area contributed by atoms with Gasteiger partial charge in [-0.2, -0.15) is 0 Å². The van der Waals surface area contributed by atoms with E-state index in [4.69, 9.17) is 0 Å². The first-order valence-electron chi connectivity index (χ1n) is 6.86. The molecule has 1 aliphatic rings. The highest BCUT2D eigenvalue weighted by Gasteiger charge is 2.19. The number of unbranched alkanes of at least 4 members (excludes halogenated alkanes) is 2. The van der Waals surface area contributed by atoms with Crippen LogP contribution in [0.25, 0.3) is 0 Å². The van der Waals surface area contributed by atoms with E-state index in [1.807, 2.05) is 6.07 Å². The number of fused-ring (bicyclic) bond motifs is 1. The van der Waals surface area contributed by atoms with Crippen LogP contribution in [-0.4, -0.2) is 11.7 Å². The van der Waals surface area contributed by atoms with Gasteiger partial charge in [-0.25, -0.2) is 0 Å². The fourth-order valence-electron chi connectivity index (χ4n) is 2.65. The fourth-order valence-corrected chi connectivity index (χ4v) is 2.65. The standard InChI is InChI=1S/C15H23NO/c1-2-3-4-10-16-15-7-5-6-12-8-9-13(17)11-14(12)15/h8-9,11,15-17H,2-7,10H2,1H3. The van der Waals surface area contributed by atoms with Crippen LogP contribution >= 0.6 is 0 Å². The van der Waals surface area contributed by atoms with Crippen molar-refractivity contribution < 1.29 is 5.11 Å². The summed E-state index contributed by atoms with van der Waals surface area (Å²) in [6.45, 7) is 3.32. The van der Waals surface area contributed by atoms with E-state index in [2.05, 4.69) is 18.3 Å². The molecule has 1 aromatic rings. The van der Waals surface area contributed by atoms with Crippen molar-refractivity contribution in [2.75, 3.05) is 6.54 Å². The molecule has 2 rings (SSSR count). The number of phenolic OH excluding ortho intramolecular Hbond substituents is 1. The predicted molar refractivity (Wildman–Crippen MR) is 71.3 cm³/mol. The highest BCUT2D eigenvalue weighted by molar-refractivity contribution is 5.38. The Hall–Kier alpha value is -1.02. The third-order valence-electron chi connectivity index (χ3n) is 3.61. The van der Waals surface area contributed by atoms with E-state index in [0.717, 1.165) is 13.0 Å². The highest BCUT2D eigenvalue weighted by Crippen LogP contribution is 2.31. The van der Waals surface area contributed by atoms with Gasteiger partial charge in [0.2, 0.25) is 0 Å². The zero-order chi connectivity index (χ0) is 12.1. The Balaban J connectivity index is 1.98. The third kappa shape index (κ3) is 3.22. The Morgan fingerprint density at radius 3 is 3.06 bits per heavy atom. The molecule has 0 saturated carbocycles. The van der Waals surface area contributed by atoms with Crippen molar-refractivity contribution in [1.82, 2.24) is 5.32 Å². The van der Waals surface area contributed by atoms with E-state index >= 15 is 0 Å². The summed E-state index contributed by atoms with van der Waals surface area (Å²) in [6.07, 6.45) is 7.42. The van der Waals surface area contributed by atoms with Crippen LogP contribution in [0.3, 0.4) is 0 Å². The molecule has 0 amide bonds. The van der Waals surface area contributed by atoms with E-state index in [1.165, 1.54) is 43.2 Å². The molecule has 2 N–H and O–H groups in total. The Kier molecular flexibility index (Phi) is 4.43. The molecule has 2 heteroatoms. The second kappa shape index (κ2) is 6.06. The first kappa shape index (κ1) is 12.4. The SMILES string of the molecule is CCCCCNC1CCCc2ccc(O)cc21.